The Labute approximate surface area is 48.1 Å². The van der Waals surface area contributed by atoms with Gasteiger partial charge >= 0.3 is 48.1 Å². The van der Waals surface area contributed by atoms with Gasteiger partial charge in [0.1, 0.15) is 0 Å². The fraction of sp³-hybridized carbons (Fsp3) is 1.00. The van der Waals surface area contributed by atoms with Crippen molar-refractivity contribution in [1.29, 1.82) is 0 Å². The van der Waals surface area contributed by atoms with Crippen LogP contribution >= 0.6 is 9.80 Å². The van der Waals surface area contributed by atoms with E-state index in [1.165, 1.54) is 4.43 Å². The van der Waals surface area contributed by atoms with Gasteiger partial charge in [0.2, 0.25) is 0 Å². The fourth-order valence-corrected chi connectivity index (χ4v) is 0. The molecule has 0 fully saturated rings. The van der Waals surface area contributed by atoms with E-state index in [0.29, 0.717) is 0 Å². The van der Waals surface area contributed by atoms with Crippen molar-refractivity contribution < 1.29 is 17.0 Å². The summed E-state index contributed by atoms with van der Waals surface area (Å²) in [5.74, 6) is 0. The Morgan fingerprint density at radius 2 is 1.67 bits per heavy atom. The van der Waals surface area contributed by atoms with Gasteiger partial charge in [-0.25, -0.2) is 0 Å². The molecule has 0 nitrogen and oxygen atoms in total. The van der Waals surface area contributed by atoms with Gasteiger partial charge in [0.25, 0.3) is 0 Å². The molecule has 42 valence electrons. The monoisotopic (exact) mass is 219 g/mol. The van der Waals surface area contributed by atoms with Gasteiger partial charge in [-0.3, -0.25) is 0 Å². The zero-order chi connectivity index (χ0) is 5.21. The maximum atomic E-state index is 4.43. The Balaban J connectivity index is 3.17. The molecular formula is C4H12IS-. The molecule has 0 radical (unpaired) electrons. The minimum absolute atomic E-state index is 1.28. The maximum absolute atomic E-state index is 4.43. The summed E-state index contributed by atoms with van der Waals surface area (Å²) in [7, 11) is 4.43. The third-order valence-electron chi connectivity index (χ3n) is 0.654. The van der Waals surface area contributed by atoms with Gasteiger partial charge < -0.3 is 0 Å². The third kappa shape index (κ3) is 5.08. The Bertz CT molecular complexity index is 37.3. The normalized spacial score (nSPS) is 14.7. The first-order valence-corrected chi connectivity index (χ1v) is 11.0. The molecule has 0 aliphatic carbocycles. The van der Waals surface area contributed by atoms with Crippen LogP contribution in [0.5, 0.6) is 0 Å². The summed E-state index contributed by atoms with van der Waals surface area (Å²) in [4.78, 5) is 4.57. The van der Waals surface area contributed by atoms with Gasteiger partial charge in [-0.2, -0.15) is 0 Å². The van der Waals surface area contributed by atoms with Crippen LogP contribution in [0.4, 0.5) is 0 Å². The molecule has 0 aromatic heterocycles. The Hall–Kier alpha value is 1.08. The number of hydrogen-bond acceptors (Lipinski definition) is 1. The van der Waals surface area contributed by atoms with Crippen LogP contribution in [0.25, 0.3) is 0 Å². The zero-order valence-corrected chi connectivity index (χ0v) is 7.58. The quantitative estimate of drug-likeness (QED) is 0.302. The average Bonchev–Trinajstić information content (AvgIpc) is 1.35. The van der Waals surface area contributed by atoms with Crippen LogP contribution in [-0.4, -0.2) is 14.3 Å². The molecule has 0 bridgehead atoms. The molecule has 0 heterocycles. The number of halogens is 1. The second kappa shape index (κ2) is 2.40. The molecule has 0 atom stereocenters. The first kappa shape index (κ1) is 7.08. The summed E-state index contributed by atoms with van der Waals surface area (Å²) in [5.41, 5.74) is 0. The van der Waals surface area contributed by atoms with E-state index in [1.807, 2.05) is 0 Å². The van der Waals surface area contributed by atoms with Gasteiger partial charge in [0, 0.05) is 0 Å². The summed E-state index contributed by atoms with van der Waals surface area (Å²) in [6, 6.07) is 0. The number of thiol groups is 1. The minimum atomic E-state index is -1.28. The summed E-state index contributed by atoms with van der Waals surface area (Å²) in [6.45, 7) is 2.21. The molecule has 0 saturated carbocycles. The Morgan fingerprint density at radius 3 is 1.67 bits per heavy atom. The SMILES string of the molecule is CC[I-](C)(C)S. The van der Waals surface area contributed by atoms with Crippen LogP contribution < -0.4 is 17.0 Å². The topological polar surface area (TPSA) is 0 Å². The fourth-order valence-electron chi connectivity index (χ4n) is 0. The molecule has 0 rings (SSSR count). The molecule has 6 heavy (non-hydrogen) atoms. The second-order valence-electron chi connectivity index (χ2n) is 1.64. The molecular weight excluding hydrogens is 207 g/mol. The van der Waals surface area contributed by atoms with Crippen molar-refractivity contribution in [2.75, 3.05) is 14.3 Å². The van der Waals surface area contributed by atoms with E-state index in [1.54, 1.807) is 0 Å². The average molecular weight is 219 g/mol. The van der Waals surface area contributed by atoms with Gasteiger partial charge in [-0.15, -0.1) is 0 Å². The second-order valence-corrected chi connectivity index (χ2v) is 17.1. The Morgan fingerprint density at radius 1 is 1.50 bits per heavy atom. The van der Waals surface area contributed by atoms with Crippen molar-refractivity contribution >= 4 is 9.80 Å². The predicted molar refractivity (Wildman–Crippen MR) is 31.4 cm³/mol. The van der Waals surface area contributed by atoms with E-state index in [-0.39, 0.29) is 0 Å². The van der Waals surface area contributed by atoms with Crippen LogP contribution in [0.2, 0.25) is 0 Å². The van der Waals surface area contributed by atoms with E-state index >= 15 is 0 Å². The molecule has 0 N–H and O–H groups in total. The van der Waals surface area contributed by atoms with Crippen molar-refractivity contribution in [3.8, 4) is 0 Å². The molecule has 0 aliphatic rings. The van der Waals surface area contributed by atoms with E-state index in [2.05, 4.69) is 26.6 Å². The molecule has 0 saturated heterocycles. The van der Waals surface area contributed by atoms with Crippen LogP contribution in [0.3, 0.4) is 0 Å². The van der Waals surface area contributed by atoms with Crippen LogP contribution in [0.1, 0.15) is 6.92 Å². The van der Waals surface area contributed by atoms with Crippen molar-refractivity contribution in [1.82, 2.24) is 0 Å². The van der Waals surface area contributed by atoms with Crippen molar-refractivity contribution in [2.24, 2.45) is 0 Å². The van der Waals surface area contributed by atoms with Gasteiger partial charge in [-0.05, 0) is 0 Å². The summed E-state index contributed by atoms with van der Waals surface area (Å²) >= 11 is -1.28. The standard InChI is InChI=1S/C4H12IS/c1-4-5(2,3)6/h6H,4H2,1-3H3/q-1. The molecule has 0 aromatic carbocycles. The van der Waals surface area contributed by atoms with Crippen LogP contribution in [0.15, 0.2) is 0 Å². The summed E-state index contributed by atoms with van der Waals surface area (Å²) < 4.78 is 1.32. The van der Waals surface area contributed by atoms with E-state index in [4.69, 9.17) is 0 Å². The number of hydrogen-bond donors (Lipinski definition) is 1. The summed E-state index contributed by atoms with van der Waals surface area (Å²) in [5, 5.41) is 0. The van der Waals surface area contributed by atoms with Gasteiger partial charge in [0.15, 0.2) is 0 Å². The predicted octanol–water partition coefficient (Wildman–Crippen LogP) is -1.73. The summed E-state index contributed by atoms with van der Waals surface area (Å²) in [6.07, 6.45) is 0. The first-order valence-electron chi connectivity index (χ1n) is 1.90. The van der Waals surface area contributed by atoms with Crippen molar-refractivity contribution in [3.63, 3.8) is 0 Å². The van der Waals surface area contributed by atoms with E-state index in [9.17, 15) is 0 Å². The van der Waals surface area contributed by atoms with Gasteiger partial charge in [0.05, 0.1) is 0 Å². The molecule has 0 spiro atoms. The third-order valence-corrected chi connectivity index (χ3v) is 5.99. The molecule has 0 aliphatic heterocycles. The zero-order valence-electron chi connectivity index (χ0n) is 4.53. The van der Waals surface area contributed by atoms with E-state index in [0.717, 1.165) is 0 Å². The first-order chi connectivity index (χ1) is 2.56. The van der Waals surface area contributed by atoms with Crippen molar-refractivity contribution in [2.45, 2.75) is 6.92 Å². The van der Waals surface area contributed by atoms with Crippen LogP contribution in [0, 0.1) is 0 Å². The molecule has 0 aromatic rings. The number of rotatable bonds is 1. The van der Waals surface area contributed by atoms with E-state index < -0.39 is 17.0 Å². The van der Waals surface area contributed by atoms with Crippen LogP contribution in [-0.2, 0) is 0 Å². The molecule has 2 heteroatoms. The van der Waals surface area contributed by atoms with Crippen molar-refractivity contribution in [3.05, 3.63) is 0 Å². The molecule has 0 amide bonds. The Kier molecular flexibility index (Phi) is 2.84. The number of alkyl halides is 3. The van der Waals surface area contributed by atoms with Gasteiger partial charge in [-0.1, -0.05) is 0 Å². The molecule has 0 unspecified atom stereocenters.